The lowest BCUT2D eigenvalue weighted by Crippen LogP contribution is -2.43. The Morgan fingerprint density at radius 3 is 2.55 bits per heavy atom. The van der Waals surface area contributed by atoms with Crippen LogP contribution in [0, 0.1) is 0 Å². The minimum Gasteiger partial charge on any atom is -0.497 e. The first-order valence-corrected chi connectivity index (χ1v) is 10.5. The maximum absolute atomic E-state index is 12.1. The summed E-state index contributed by atoms with van der Waals surface area (Å²) in [6.45, 7) is 1.00. The molecule has 6 nitrogen and oxygen atoms in total. The van der Waals surface area contributed by atoms with Crippen molar-refractivity contribution in [1.29, 1.82) is 0 Å². The van der Waals surface area contributed by atoms with E-state index in [9.17, 15) is 9.59 Å². The van der Waals surface area contributed by atoms with Crippen LogP contribution in [0.1, 0.15) is 50.5 Å². The molecule has 0 aromatic heterocycles. The molecule has 29 heavy (non-hydrogen) atoms. The van der Waals surface area contributed by atoms with Gasteiger partial charge in [0.1, 0.15) is 5.75 Å². The molecule has 3 amide bonds. The van der Waals surface area contributed by atoms with Crippen molar-refractivity contribution in [3.63, 3.8) is 0 Å². The highest BCUT2D eigenvalue weighted by atomic mass is 16.5. The quantitative estimate of drug-likeness (QED) is 0.592. The van der Waals surface area contributed by atoms with Crippen LogP contribution in [-0.4, -0.2) is 31.6 Å². The maximum atomic E-state index is 12.1. The molecule has 0 atom stereocenters. The lowest BCUT2D eigenvalue weighted by atomic mass is 9.96. The molecule has 0 saturated heterocycles. The molecule has 156 valence electrons. The number of carbonyl (C=O) groups excluding carboxylic acids is 2. The molecule has 0 bridgehead atoms. The average molecular weight is 398 g/mol. The largest absolute Gasteiger partial charge is 0.497 e. The molecule has 2 aromatic carbocycles. The summed E-state index contributed by atoms with van der Waals surface area (Å²) >= 11 is 0. The van der Waals surface area contributed by atoms with Gasteiger partial charge in [-0.2, -0.15) is 0 Å². The third-order valence-electron chi connectivity index (χ3n) is 5.41. The van der Waals surface area contributed by atoms with Crippen molar-refractivity contribution in [1.82, 2.24) is 16.0 Å². The van der Waals surface area contributed by atoms with Gasteiger partial charge in [-0.05, 0) is 53.8 Å². The Bertz CT molecular complexity index is 831. The van der Waals surface area contributed by atoms with Crippen LogP contribution in [0.25, 0.3) is 10.8 Å². The van der Waals surface area contributed by atoms with Gasteiger partial charge in [-0.15, -0.1) is 0 Å². The highest BCUT2D eigenvalue weighted by molar-refractivity contribution is 5.84. The van der Waals surface area contributed by atoms with Crippen LogP contribution in [0.2, 0.25) is 0 Å². The molecule has 6 heteroatoms. The fourth-order valence-electron chi connectivity index (χ4n) is 3.73. The molecule has 3 rings (SSSR count). The van der Waals surface area contributed by atoms with E-state index >= 15 is 0 Å². The zero-order valence-electron chi connectivity index (χ0n) is 17.1. The molecule has 1 fully saturated rings. The van der Waals surface area contributed by atoms with E-state index in [0.29, 0.717) is 32.0 Å². The second-order valence-corrected chi connectivity index (χ2v) is 7.66. The molecule has 1 aliphatic rings. The van der Waals surface area contributed by atoms with Crippen LogP contribution in [0.5, 0.6) is 5.75 Å². The number of hydrogen-bond acceptors (Lipinski definition) is 3. The van der Waals surface area contributed by atoms with E-state index < -0.39 is 0 Å². The summed E-state index contributed by atoms with van der Waals surface area (Å²) < 4.78 is 5.24. The van der Waals surface area contributed by atoms with Gasteiger partial charge in [-0.3, -0.25) is 4.79 Å². The Morgan fingerprint density at radius 1 is 1.00 bits per heavy atom. The molecule has 0 unspecified atom stereocenters. The van der Waals surface area contributed by atoms with Gasteiger partial charge in [0.2, 0.25) is 5.91 Å². The molecule has 1 saturated carbocycles. The zero-order chi connectivity index (χ0) is 20.5. The van der Waals surface area contributed by atoms with Crippen LogP contribution in [-0.2, 0) is 11.3 Å². The lowest BCUT2D eigenvalue weighted by molar-refractivity contribution is -0.121. The van der Waals surface area contributed by atoms with Crippen molar-refractivity contribution in [2.24, 2.45) is 0 Å². The van der Waals surface area contributed by atoms with Crippen molar-refractivity contribution in [3.05, 3.63) is 42.0 Å². The Kier molecular flexibility index (Phi) is 7.73. The number of urea groups is 1. The van der Waals surface area contributed by atoms with Crippen LogP contribution in [0.4, 0.5) is 4.79 Å². The number of carbonyl (C=O) groups is 2. The fourth-order valence-corrected chi connectivity index (χ4v) is 3.73. The number of benzene rings is 2. The van der Waals surface area contributed by atoms with E-state index in [1.54, 1.807) is 7.11 Å². The summed E-state index contributed by atoms with van der Waals surface area (Å²) in [6, 6.07) is 12.3. The Hall–Kier alpha value is -2.76. The van der Waals surface area contributed by atoms with Gasteiger partial charge in [0, 0.05) is 25.6 Å². The minimum absolute atomic E-state index is 0.00526. The van der Waals surface area contributed by atoms with Crippen molar-refractivity contribution in [2.75, 3.05) is 13.7 Å². The lowest BCUT2D eigenvalue weighted by Gasteiger charge is -2.22. The highest BCUT2D eigenvalue weighted by Crippen LogP contribution is 2.22. The minimum atomic E-state index is -0.120. The molecule has 1 aliphatic carbocycles. The van der Waals surface area contributed by atoms with Crippen molar-refractivity contribution < 1.29 is 14.3 Å². The number of nitrogens with one attached hydrogen (secondary N) is 3. The SMILES string of the molecule is COc1ccc2cc(CNC(=O)CCCNC(=O)NC3CCCCC3)ccc2c1. The summed E-state index contributed by atoms with van der Waals surface area (Å²) in [5.74, 6) is 0.828. The summed E-state index contributed by atoms with van der Waals surface area (Å²) in [5.41, 5.74) is 1.06. The molecule has 0 heterocycles. The number of hydrogen-bond donors (Lipinski definition) is 3. The molecular weight excluding hydrogens is 366 g/mol. The van der Waals surface area contributed by atoms with E-state index in [0.717, 1.165) is 34.9 Å². The number of methoxy groups -OCH3 is 1. The number of rotatable bonds is 8. The van der Waals surface area contributed by atoms with Gasteiger partial charge in [0.05, 0.1) is 7.11 Å². The Balaban J connectivity index is 1.33. The third kappa shape index (κ3) is 6.66. The average Bonchev–Trinajstić information content (AvgIpc) is 2.75. The van der Waals surface area contributed by atoms with Gasteiger partial charge < -0.3 is 20.7 Å². The van der Waals surface area contributed by atoms with E-state index in [1.165, 1.54) is 19.3 Å². The highest BCUT2D eigenvalue weighted by Gasteiger charge is 2.15. The maximum Gasteiger partial charge on any atom is 0.315 e. The van der Waals surface area contributed by atoms with Crippen LogP contribution >= 0.6 is 0 Å². The van der Waals surface area contributed by atoms with Gasteiger partial charge >= 0.3 is 6.03 Å². The fraction of sp³-hybridized carbons (Fsp3) is 0.478. The number of amides is 3. The van der Waals surface area contributed by atoms with E-state index in [1.807, 2.05) is 30.3 Å². The Morgan fingerprint density at radius 2 is 1.76 bits per heavy atom. The summed E-state index contributed by atoms with van der Waals surface area (Å²) in [5, 5.41) is 11.0. The molecule has 0 radical (unpaired) electrons. The normalized spacial score (nSPS) is 14.4. The summed E-state index contributed by atoms with van der Waals surface area (Å²) in [7, 11) is 1.66. The first-order chi connectivity index (χ1) is 14.1. The van der Waals surface area contributed by atoms with Crippen LogP contribution < -0.4 is 20.7 Å². The van der Waals surface area contributed by atoms with E-state index in [-0.39, 0.29) is 11.9 Å². The second-order valence-electron chi connectivity index (χ2n) is 7.66. The van der Waals surface area contributed by atoms with E-state index in [4.69, 9.17) is 4.74 Å². The van der Waals surface area contributed by atoms with Crippen molar-refractivity contribution in [2.45, 2.75) is 57.5 Å². The van der Waals surface area contributed by atoms with Crippen LogP contribution in [0.3, 0.4) is 0 Å². The molecule has 3 N–H and O–H groups in total. The molecule has 0 spiro atoms. The zero-order valence-corrected chi connectivity index (χ0v) is 17.1. The number of ether oxygens (including phenoxy) is 1. The van der Waals surface area contributed by atoms with Crippen molar-refractivity contribution in [3.8, 4) is 5.75 Å². The monoisotopic (exact) mass is 397 g/mol. The predicted molar refractivity (Wildman–Crippen MR) is 115 cm³/mol. The Labute approximate surface area is 172 Å². The van der Waals surface area contributed by atoms with Gasteiger partial charge in [0.25, 0.3) is 0 Å². The standard InChI is InChI=1S/C23H31N3O3/c1-29-21-12-11-18-14-17(9-10-19(18)15-21)16-25-22(27)8-5-13-24-23(28)26-20-6-3-2-4-7-20/h9-12,14-15,20H,2-8,13,16H2,1H3,(H,25,27)(H2,24,26,28). The van der Waals surface area contributed by atoms with E-state index in [2.05, 4.69) is 22.0 Å². The summed E-state index contributed by atoms with van der Waals surface area (Å²) in [6.07, 6.45) is 6.81. The molecular formula is C23H31N3O3. The van der Waals surface area contributed by atoms with Gasteiger partial charge in [0.15, 0.2) is 0 Å². The molecule has 0 aliphatic heterocycles. The first kappa shape index (κ1) is 21.0. The van der Waals surface area contributed by atoms with Crippen molar-refractivity contribution >= 4 is 22.7 Å². The van der Waals surface area contributed by atoms with Gasteiger partial charge in [-0.1, -0.05) is 37.5 Å². The topological polar surface area (TPSA) is 79.5 Å². The second kappa shape index (κ2) is 10.7. The predicted octanol–water partition coefficient (Wildman–Crippen LogP) is 3.88. The molecule has 2 aromatic rings. The summed E-state index contributed by atoms with van der Waals surface area (Å²) in [4.78, 5) is 24.0. The van der Waals surface area contributed by atoms with Gasteiger partial charge in [-0.25, -0.2) is 4.79 Å². The third-order valence-corrected chi connectivity index (χ3v) is 5.41. The smallest absolute Gasteiger partial charge is 0.315 e. The first-order valence-electron chi connectivity index (χ1n) is 10.5. The number of fused-ring (bicyclic) bond motifs is 1. The van der Waals surface area contributed by atoms with Crippen LogP contribution in [0.15, 0.2) is 36.4 Å².